The first-order valence-corrected chi connectivity index (χ1v) is 4.81. The Morgan fingerprint density at radius 2 is 2.00 bits per heavy atom. The Morgan fingerprint density at radius 3 is 2.42 bits per heavy atom. The van der Waals surface area contributed by atoms with E-state index in [1.165, 1.54) is 12.0 Å². The molecule has 1 rings (SSSR count). The van der Waals surface area contributed by atoms with Gasteiger partial charge in [-0.2, -0.15) is 0 Å². The molecule has 70 valence electrons. The van der Waals surface area contributed by atoms with Crippen molar-refractivity contribution in [3.63, 3.8) is 0 Å². The van der Waals surface area contributed by atoms with Crippen molar-refractivity contribution >= 4 is 0 Å². The van der Waals surface area contributed by atoms with E-state index >= 15 is 0 Å². The van der Waals surface area contributed by atoms with Gasteiger partial charge in [-0.05, 0) is 39.0 Å². The molecule has 1 saturated carbocycles. The largest absolute Gasteiger partial charge is 0.390 e. The van der Waals surface area contributed by atoms with E-state index in [1.807, 2.05) is 13.8 Å². The van der Waals surface area contributed by atoms with Crippen LogP contribution < -0.4 is 0 Å². The third-order valence-corrected chi connectivity index (χ3v) is 2.90. The van der Waals surface area contributed by atoms with E-state index in [0.29, 0.717) is 5.92 Å². The molecule has 0 radical (unpaired) electrons. The Morgan fingerprint density at radius 1 is 1.42 bits per heavy atom. The first kappa shape index (κ1) is 9.79. The van der Waals surface area contributed by atoms with Gasteiger partial charge < -0.3 is 5.11 Å². The Labute approximate surface area is 75.5 Å². The molecule has 1 heteroatoms. The van der Waals surface area contributed by atoms with Crippen molar-refractivity contribution in [2.75, 3.05) is 0 Å². The Balaban J connectivity index is 2.63. The molecule has 1 N–H and O–H groups in total. The van der Waals surface area contributed by atoms with Gasteiger partial charge in [0.05, 0.1) is 5.60 Å². The predicted octanol–water partition coefficient (Wildman–Crippen LogP) is 2.75. The molecule has 1 nitrogen and oxygen atoms in total. The average molecular weight is 168 g/mol. The van der Waals surface area contributed by atoms with Crippen LogP contribution in [0.4, 0.5) is 0 Å². The van der Waals surface area contributed by atoms with Gasteiger partial charge >= 0.3 is 0 Å². The van der Waals surface area contributed by atoms with Gasteiger partial charge in [0, 0.05) is 5.92 Å². The molecule has 2 unspecified atom stereocenters. The lowest BCUT2D eigenvalue weighted by atomic mass is 9.72. The highest BCUT2D eigenvalue weighted by atomic mass is 16.3. The summed E-state index contributed by atoms with van der Waals surface area (Å²) in [6.45, 7) is 10.1. The van der Waals surface area contributed by atoms with Crippen molar-refractivity contribution in [2.24, 2.45) is 11.8 Å². The Kier molecular flexibility index (Phi) is 2.62. The molecule has 0 amide bonds. The van der Waals surface area contributed by atoms with Crippen LogP contribution in [-0.2, 0) is 0 Å². The normalized spacial score (nSPS) is 32.2. The van der Waals surface area contributed by atoms with E-state index in [4.69, 9.17) is 0 Å². The van der Waals surface area contributed by atoms with Crippen LogP contribution in [0.25, 0.3) is 0 Å². The zero-order valence-electron chi connectivity index (χ0n) is 8.43. The number of aliphatic hydroxyl groups is 1. The average Bonchev–Trinajstić information content (AvgIpc) is 1.83. The third-order valence-electron chi connectivity index (χ3n) is 2.90. The molecule has 0 aliphatic heterocycles. The van der Waals surface area contributed by atoms with Crippen LogP contribution in [-0.4, -0.2) is 10.7 Å². The van der Waals surface area contributed by atoms with Crippen LogP contribution in [0.2, 0.25) is 0 Å². The Hall–Kier alpha value is -0.300. The van der Waals surface area contributed by atoms with E-state index in [9.17, 15) is 5.11 Å². The van der Waals surface area contributed by atoms with Crippen molar-refractivity contribution in [3.05, 3.63) is 12.2 Å². The molecule has 0 aromatic heterocycles. The van der Waals surface area contributed by atoms with Crippen molar-refractivity contribution in [1.29, 1.82) is 0 Å². The number of hydrogen-bond acceptors (Lipinski definition) is 1. The zero-order chi connectivity index (χ0) is 9.35. The fourth-order valence-electron chi connectivity index (χ4n) is 2.20. The molecule has 0 saturated heterocycles. The van der Waals surface area contributed by atoms with Crippen LogP contribution in [0, 0.1) is 11.8 Å². The molecule has 1 aliphatic carbocycles. The Bertz CT molecular complexity index is 176. The highest BCUT2D eigenvalue weighted by molar-refractivity contribution is 5.09. The van der Waals surface area contributed by atoms with Gasteiger partial charge in [-0.1, -0.05) is 19.1 Å². The van der Waals surface area contributed by atoms with Crippen molar-refractivity contribution in [2.45, 2.75) is 45.6 Å². The fraction of sp³-hybridized carbons (Fsp3) is 0.818. The van der Waals surface area contributed by atoms with Crippen LogP contribution in [0.15, 0.2) is 12.2 Å². The number of hydrogen-bond donors (Lipinski definition) is 1. The van der Waals surface area contributed by atoms with Gasteiger partial charge in [0.15, 0.2) is 0 Å². The third kappa shape index (κ3) is 2.10. The van der Waals surface area contributed by atoms with Crippen LogP contribution in [0.3, 0.4) is 0 Å². The van der Waals surface area contributed by atoms with Gasteiger partial charge in [0.25, 0.3) is 0 Å². The second kappa shape index (κ2) is 3.21. The standard InChI is InChI=1S/C11H20O/c1-8-5-6-10(9(2)7-8)11(3,4)12/h8,10,12H,2,5-7H2,1,3-4H3. The monoisotopic (exact) mass is 168 g/mol. The summed E-state index contributed by atoms with van der Waals surface area (Å²) >= 11 is 0. The summed E-state index contributed by atoms with van der Waals surface area (Å²) in [7, 11) is 0. The SMILES string of the molecule is C=C1CC(C)CCC1C(C)(C)O. The molecule has 0 bridgehead atoms. The minimum absolute atomic E-state index is 0.314. The molecule has 0 spiro atoms. The molecular weight excluding hydrogens is 148 g/mol. The first-order valence-electron chi connectivity index (χ1n) is 4.81. The number of rotatable bonds is 1. The quantitative estimate of drug-likeness (QED) is 0.597. The van der Waals surface area contributed by atoms with Crippen molar-refractivity contribution in [3.8, 4) is 0 Å². The molecular formula is C11H20O. The maximum Gasteiger partial charge on any atom is 0.0656 e. The second-order valence-corrected chi connectivity index (χ2v) is 4.75. The van der Waals surface area contributed by atoms with Gasteiger partial charge in [0.2, 0.25) is 0 Å². The lowest BCUT2D eigenvalue weighted by molar-refractivity contribution is 0.0189. The van der Waals surface area contributed by atoms with Gasteiger partial charge in [-0.3, -0.25) is 0 Å². The maximum atomic E-state index is 9.84. The van der Waals surface area contributed by atoms with Gasteiger partial charge in [-0.25, -0.2) is 0 Å². The molecule has 12 heavy (non-hydrogen) atoms. The summed E-state index contributed by atoms with van der Waals surface area (Å²) in [4.78, 5) is 0. The first-order chi connectivity index (χ1) is 5.41. The summed E-state index contributed by atoms with van der Waals surface area (Å²) in [5.41, 5.74) is 0.665. The van der Waals surface area contributed by atoms with Crippen LogP contribution in [0.1, 0.15) is 40.0 Å². The van der Waals surface area contributed by atoms with Crippen molar-refractivity contribution in [1.82, 2.24) is 0 Å². The van der Waals surface area contributed by atoms with Gasteiger partial charge in [-0.15, -0.1) is 0 Å². The van der Waals surface area contributed by atoms with E-state index in [1.54, 1.807) is 0 Å². The molecule has 0 aromatic rings. The molecule has 1 aliphatic rings. The van der Waals surface area contributed by atoms with E-state index in [-0.39, 0.29) is 0 Å². The molecule has 0 aromatic carbocycles. The van der Waals surface area contributed by atoms with Gasteiger partial charge in [0.1, 0.15) is 0 Å². The second-order valence-electron chi connectivity index (χ2n) is 4.75. The van der Waals surface area contributed by atoms with Crippen LogP contribution >= 0.6 is 0 Å². The maximum absolute atomic E-state index is 9.84. The molecule has 2 atom stereocenters. The summed E-state index contributed by atoms with van der Waals surface area (Å²) < 4.78 is 0. The van der Waals surface area contributed by atoms with E-state index in [2.05, 4.69) is 13.5 Å². The zero-order valence-corrected chi connectivity index (χ0v) is 8.43. The summed E-state index contributed by atoms with van der Waals surface area (Å²) in [5.74, 6) is 1.07. The minimum Gasteiger partial charge on any atom is -0.390 e. The summed E-state index contributed by atoms with van der Waals surface area (Å²) in [6, 6.07) is 0. The summed E-state index contributed by atoms with van der Waals surface area (Å²) in [5, 5.41) is 9.84. The lowest BCUT2D eigenvalue weighted by Crippen LogP contribution is -2.34. The smallest absolute Gasteiger partial charge is 0.0656 e. The lowest BCUT2D eigenvalue weighted by Gasteiger charge is -2.36. The van der Waals surface area contributed by atoms with Crippen LogP contribution in [0.5, 0.6) is 0 Å². The minimum atomic E-state index is -0.572. The van der Waals surface area contributed by atoms with Crippen molar-refractivity contribution < 1.29 is 5.11 Å². The van der Waals surface area contributed by atoms with E-state index < -0.39 is 5.60 Å². The highest BCUT2D eigenvalue weighted by Gasteiger charge is 2.32. The molecule has 0 heterocycles. The fourth-order valence-corrected chi connectivity index (χ4v) is 2.20. The summed E-state index contributed by atoms with van der Waals surface area (Å²) in [6.07, 6.45) is 3.42. The predicted molar refractivity (Wildman–Crippen MR) is 51.9 cm³/mol. The molecule has 1 fully saturated rings. The van der Waals surface area contributed by atoms with E-state index in [0.717, 1.165) is 18.8 Å². The highest BCUT2D eigenvalue weighted by Crippen LogP contribution is 2.38. The topological polar surface area (TPSA) is 20.2 Å².